The maximum Gasteiger partial charge on any atom is 0.309 e. The molecule has 0 aromatic carbocycles. The number of rotatable bonds is 3. The van der Waals surface area contributed by atoms with Crippen molar-refractivity contribution in [1.82, 2.24) is 4.98 Å². The average molecular weight is 327 g/mol. The first-order valence-electron chi connectivity index (χ1n) is 9.02. The van der Waals surface area contributed by atoms with Gasteiger partial charge in [0.2, 0.25) is 0 Å². The number of hydrogen-bond acceptors (Lipinski definition) is 3. The highest BCUT2D eigenvalue weighted by molar-refractivity contribution is 5.72. The predicted molar refractivity (Wildman–Crippen MR) is 96.4 cm³/mol. The maximum atomic E-state index is 12.3. The molecular formula is C21H29NO2. The molecule has 3 nitrogen and oxygen atoms in total. The number of terminal acetylenes is 1. The molecule has 0 atom stereocenters. The highest BCUT2D eigenvalue weighted by atomic mass is 16.6. The van der Waals surface area contributed by atoms with E-state index in [4.69, 9.17) is 11.2 Å². The van der Waals surface area contributed by atoms with Gasteiger partial charge in [0.05, 0.1) is 5.92 Å². The molecule has 0 aliphatic heterocycles. The summed E-state index contributed by atoms with van der Waals surface area (Å²) in [7, 11) is 0. The third kappa shape index (κ3) is 6.00. The standard InChI is InChI=1S/C21H29NO2/c1-5-19-13-12-17(15-22-19)14-16-8-6-10-18(11-7-9-16)20(23)24-21(2,3)4/h1,12-13,15-16,18H,6-11,14H2,2-4H3. The maximum absolute atomic E-state index is 12.3. The lowest BCUT2D eigenvalue weighted by atomic mass is 9.83. The fourth-order valence-electron chi connectivity index (χ4n) is 3.38. The SMILES string of the molecule is C#Cc1ccc(CC2CCCC(C(=O)OC(C)(C)C)CCC2)cn1. The zero-order valence-corrected chi connectivity index (χ0v) is 15.2. The number of nitrogens with zero attached hydrogens (tertiary/aromatic N) is 1. The van der Waals surface area contributed by atoms with E-state index in [1.165, 1.54) is 5.56 Å². The largest absolute Gasteiger partial charge is 0.460 e. The molecule has 0 N–H and O–H groups in total. The van der Waals surface area contributed by atoms with Crippen LogP contribution >= 0.6 is 0 Å². The molecule has 1 saturated carbocycles. The summed E-state index contributed by atoms with van der Waals surface area (Å²) in [4.78, 5) is 16.5. The zero-order chi connectivity index (χ0) is 17.6. The summed E-state index contributed by atoms with van der Waals surface area (Å²) in [5.74, 6) is 3.27. The van der Waals surface area contributed by atoms with Gasteiger partial charge in [0.1, 0.15) is 11.3 Å². The van der Waals surface area contributed by atoms with Crippen LogP contribution in [0.3, 0.4) is 0 Å². The van der Waals surface area contributed by atoms with Gasteiger partial charge >= 0.3 is 5.97 Å². The normalized spacial score (nSPS) is 22.1. The predicted octanol–water partition coefficient (Wildman–Crippen LogP) is 4.53. The molecule has 1 heterocycles. The van der Waals surface area contributed by atoms with E-state index in [9.17, 15) is 4.79 Å². The molecule has 1 aromatic rings. The van der Waals surface area contributed by atoms with E-state index in [1.807, 2.05) is 33.0 Å². The van der Waals surface area contributed by atoms with Gasteiger partial charge < -0.3 is 4.74 Å². The lowest BCUT2D eigenvalue weighted by Gasteiger charge is -2.27. The fraction of sp³-hybridized carbons (Fsp3) is 0.619. The Labute approximate surface area is 146 Å². The second-order valence-electron chi connectivity index (χ2n) is 7.86. The van der Waals surface area contributed by atoms with E-state index in [0.29, 0.717) is 11.6 Å². The van der Waals surface area contributed by atoms with Crippen molar-refractivity contribution >= 4 is 5.97 Å². The first-order valence-corrected chi connectivity index (χ1v) is 9.02. The second-order valence-corrected chi connectivity index (χ2v) is 7.86. The topological polar surface area (TPSA) is 39.2 Å². The minimum atomic E-state index is -0.389. The molecule has 0 bridgehead atoms. The van der Waals surface area contributed by atoms with Gasteiger partial charge in [-0.15, -0.1) is 6.42 Å². The van der Waals surface area contributed by atoms with E-state index in [1.54, 1.807) is 0 Å². The third-order valence-corrected chi connectivity index (χ3v) is 4.57. The molecule has 1 fully saturated rings. The lowest BCUT2D eigenvalue weighted by molar-refractivity contribution is -0.160. The van der Waals surface area contributed by atoms with Crippen LogP contribution in [0.4, 0.5) is 0 Å². The molecule has 0 spiro atoms. The lowest BCUT2D eigenvalue weighted by Crippen LogP contribution is -2.29. The molecule has 130 valence electrons. The van der Waals surface area contributed by atoms with Gasteiger partial charge in [-0.1, -0.05) is 37.7 Å². The molecule has 1 aromatic heterocycles. The van der Waals surface area contributed by atoms with Crippen LogP contribution in [0.2, 0.25) is 0 Å². The van der Waals surface area contributed by atoms with Crippen molar-refractivity contribution in [3.05, 3.63) is 29.6 Å². The Bertz CT molecular complexity index is 567. The number of pyridine rings is 1. The average Bonchev–Trinajstić information content (AvgIpc) is 2.48. The molecular weight excluding hydrogens is 298 g/mol. The molecule has 0 amide bonds. The minimum Gasteiger partial charge on any atom is -0.460 e. The Hall–Kier alpha value is -1.82. The zero-order valence-electron chi connectivity index (χ0n) is 15.2. The molecule has 0 saturated heterocycles. The molecule has 1 aliphatic carbocycles. The third-order valence-electron chi connectivity index (χ3n) is 4.57. The highest BCUT2D eigenvalue weighted by Gasteiger charge is 2.26. The number of carbonyl (C=O) groups excluding carboxylic acids is 1. The number of carbonyl (C=O) groups is 1. The van der Waals surface area contributed by atoms with E-state index in [0.717, 1.165) is 44.9 Å². The summed E-state index contributed by atoms with van der Waals surface area (Å²) >= 11 is 0. The molecule has 24 heavy (non-hydrogen) atoms. The Kier molecular flexibility index (Phi) is 6.43. The monoisotopic (exact) mass is 327 g/mol. The van der Waals surface area contributed by atoms with E-state index in [-0.39, 0.29) is 17.5 Å². The minimum absolute atomic E-state index is 0.0185. The Morgan fingerprint density at radius 1 is 1.25 bits per heavy atom. The van der Waals surface area contributed by atoms with E-state index >= 15 is 0 Å². The van der Waals surface area contributed by atoms with Crippen molar-refractivity contribution in [2.45, 2.75) is 71.3 Å². The van der Waals surface area contributed by atoms with E-state index < -0.39 is 0 Å². The first-order chi connectivity index (χ1) is 11.4. The number of esters is 1. The van der Waals surface area contributed by atoms with Crippen LogP contribution in [0.1, 0.15) is 70.6 Å². The number of ether oxygens (including phenoxy) is 1. The molecule has 2 rings (SSSR count). The van der Waals surface area contributed by atoms with Crippen LogP contribution in [0, 0.1) is 24.2 Å². The van der Waals surface area contributed by atoms with Crippen LogP contribution in [-0.2, 0) is 16.0 Å². The van der Waals surface area contributed by atoms with Crippen molar-refractivity contribution in [3.8, 4) is 12.3 Å². The van der Waals surface area contributed by atoms with Crippen molar-refractivity contribution in [2.75, 3.05) is 0 Å². The molecule has 0 unspecified atom stereocenters. The van der Waals surface area contributed by atoms with Gasteiger partial charge in [-0.2, -0.15) is 0 Å². The van der Waals surface area contributed by atoms with Crippen LogP contribution in [0.15, 0.2) is 18.3 Å². The quantitative estimate of drug-likeness (QED) is 0.604. The molecule has 3 heteroatoms. The van der Waals surface area contributed by atoms with Gasteiger partial charge in [0, 0.05) is 6.20 Å². The summed E-state index contributed by atoms with van der Waals surface area (Å²) in [6.45, 7) is 5.80. The summed E-state index contributed by atoms with van der Waals surface area (Å²) in [6.07, 6.45) is 14.7. The first kappa shape index (κ1) is 18.5. The number of hydrogen-bond donors (Lipinski definition) is 0. The fourth-order valence-corrected chi connectivity index (χ4v) is 3.38. The van der Waals surface area contributed by atoms with Crippen molar-refractivity contribution in [1.29, 1.82) is 0 Å². The second kappa shape index (κ2) is 8.33. The Morgan fingerprint density at radius 3 is 2.42 bits per heavy atom. The summed E-state index contributed by atoms with van der Waals surface area (Å²) < 4.78 is 5.55. The summed E-state index contributed by atoms with van der Waals surface area (Å²) in [6, 6.07) is 4.00. The van der Waals surface area contributed by atoms with Crippen LogP contribution in [-0.4, -0.2) is 16.6 Å². The molecule has 1 aliphatic rings. The molecule has 0 radical (unpaired) electrons. The van der Waals surface area contributed by atoms with Crippen LogP contribution < -0.4 is 0 Å². The van der Waals surface area contributed by atoms with Gasteiger partial charge in [0.15, 0.2) is 0 Å². The number of aromatic nitrogens is 1. The summed E-state index contributed by atoms with van der Waals surface area (Å²) in [5.41, 5.74) is 1.55. The van der Waals surface area contributed by atoms with Gasteiger partial charge in [-0.25, -0.2) is 4.98 Å². The van der Waals surface area contributed by atoms with Crippen LogP contribution in [0.5, 0.6) is 0 Å². The van der Waals surface area contributed by atoms with Crippen molar-refractivity contribution < 1.29 is 9.53 Å². The Balaban J connectivity index is 1.83. The Morgan fingerprint density at radius 2 is 1.92 bits per heavy atom. The highest BCUT2D eigenvalue weighted by Crippen LogP contribution is 2.29. The van der Waals surface area contributed by atoms with Crippen LogP contribution in [0.25, 0.3) is 0 Å². The summed E-state index contributed by atoms with van der Waals surface area (Å²) in [5, 5.41) is 0. The van der Waals surface area contributed by atoms with Gasteiger partial charge in [0.25, 0.3) is 0 Å². The van der Waals surface area contributed by atoms with E-state index in [2.05, 4.69) is 17.0 Å². The van der Waals surface area contributed by atoms with Crippen molar-refractivity contribution in [3.63, 3.8) is 0 Å². The van der Waals surface area contributed by atoms with Crippen molar-refractivity contribution in [2.24, 2.45) is 11.8 Å². The smallest absolute Gasteiger partial charge is 0.309 e. The van der Waals surface area contributed by atoms with Gasteiger partial charge in [-0.05, 0) is 57.6 Å². The van der Waals surface area contributed by atoms with Gasteiger partial charge in [-0.3, -0.25) is 4.79 Å².